The Kier molecular flexibility index (Phi) is 3.46. The lowest BCUT2D eigenvalue weighted by Crippen LogP contribution is -2.60. The van der Waals surface area contributed by atoms with Gasteiger partial charge >= 0.3 is 0 Å². The van der Waals surface area contributed by atoms with E-state index >= 15 is 0 Å². The number of Topliss-reactive ketones (excluding diaryl/α,β-unsaturated/α-hetero) is 1. The second-order valence-corrected chi connectivity index (χ2v) is 6.89. The van der Waals surface area contributed by atoms with Crippen LogP contribution in [0.15, 0.2) is 0 Å². The van der Waals surface area contributed by atoms with Gasteiger partial charge in [0.25, 0.3) is 0 Å². The van der Waals surface area contributed by atoms with Gasteiger partial charge in [0.2, 0.25) is 0 Å². The van der Waals surface area contributed by atoms with E-state index in [2.05, 4.69) is 23.6 Å². The quantitative estimate of drug-likeness (QED) is 0.744. The molecule has 0 aromatic carbocycles. The fourth-order valence-corrected chi connectivity index (χ4v) is 4.34. The van der Waals surface area contributed by atoms with Gasteiger partial charge in [0, 0.05) is 25.6 Å². The van der Waals surface area contributed by atoms with Crippen LogP contribution in [0.1, 0.15) is 33.1 Å². The van der Waals surface area contributed by atoms with E-state index in [4.69, 9.17) is 0 Å². The fourth-order valence-electron chi connectivity index (χ4n) is 4.34. The lowest BCUT2D eigenvalue weighted by atomic mass is 9.81. The average molecular weight is 250 g/mol. The van der Waals surface area contributed by atoms with Gasteiger partial charge in [-0.1, -0.05) is 13.8 Å². The van der Waals surface area contributed by atoms with Crippen LogP contribution in [0.2, 0.25) is 0 Å². The molecule has 0 aromatic rings. The predicted octanol–water partition coefficient (Wildman–Crippen LogP) is 1.63. The van der Waals surface area contributed by atoms with Crippen LogP contribution in [-0.2, 0) is 4.79 Å². The summed E-state index contributed by atoms with van der Waals surface area (Å²) in [6.07, 6.45) is 3.58. The summed E-state index contributed by atoms with van der Waals surface area (Å²) < 4.78 is 0. The predicted molar refractivity (Wildman–Crippen MR) is 72.5 cm³/mol. The highest BCUT2D eigenvalue weighted by Gasteiger charge is 2.41. The molecule has 3 heteroatoms. The Morgan fingerprint density at radius 3 is 2.28 bits per heavy atom. The number of hydrogen-bond acceptors (Lipinski definition) is 3. The monoisotopic (exact) mass is 250 g/mol. The molecule has 0 aliphatic carbocycles. The highest BCUT2D eigenvalue weighted by atomic mass is 16.1. The van der Waals surface area contributed by atoms with Crippen LogP contribution < -0.4 is 0 Å². The summed E-state index contributed by atoms with van der Waals surface area (Å²) in [5.74, 6) is 2.51. The molecule has 3 atom stereocenters. The maximum absolute atomic E-state index is 12.4. The van der Waals surface area contributed by atoms with Gasteiger partial charge in [-0.3, -0.25) is 9.69 Å². The third-order valence-corrected chi connectivity index (χ3v) is 5.08. The molecule has 18 heavy (non-hydrogen) atoms. The van der Waals surface area contributed by atoms with E-state index < -0.39 is 0 Å². The first-order valence-corrected chi connectivity index (χ1v) is 7.63. The molecule has 0 saturated carbocycles. The van der Waals surface area contributed by atoms with E-state index in [1.165, 1.54) is 19.5 Å². The minimum atomic E-state index is 0.218. The number of carbonyl (C=O) groups excluding carboxylic acids is 1. The van der Waals surface area contributed by atoms with Crippen molar-refractivity contribution in [1.82, 2.24) is 9.80 Å². The first kappa shape index (κ1) is 12.6. The van der Waals surface area contributed by atoms with Gasteiger partial charge in [0.15, 0.2) is 5.78 Å². The second-order valence-electron chi connectivity index (χ2n) is 6.89. The molecule has 4 fully saturated rings. The van der Waals surface area contributed by atoms with Gasteiger partial charge in [-0.2, -0.15) is 0 Å². The molecular weight excluding hydrogens is 224 g/mol. The molecule has 102 valence electrons. The number of hydrogen-bond donors (Lipinski definition) is 0. The van der Waals surface area contributed by atoms with E-state index in [-0.39, 0.29) is 6.04 Å². The molecule has 0 aromatic heterocycles. The molecule has 0 N–H and O–H groups in total. The van der Waals surface area contributed by atoms with Gasteiger partial charge in [0.05, 0.1) is 6.04 Å². The Hall–Kier alpha value is -0.410. The maximum Gasteiger partial charge on any atom is 0.154 e. The fraction of sp³-hybridized carbons (Fsp3) is 0.933. The summed E-state index contributed by atoms with van der Waals surface area (Å²) in [5.41, 5.74) is 0. The van der Waals surface area contributed by atoms with E-state index in [0.29, 0.717) is 11.7 Å². The summed E-state index contributed by atoms with van der Waals surface area (Å²) in [4.78, 5) is 17.3. The summed E-state index contributed by atoms with van der Waals surface area (Å²) >= 11 is 0. The smallest absolute Gasteiger partial charge is 0.154 e. The van der Waals surface area contributed by atoms with Gasteiger partial charge in [-0.15, -0.1) is 0 Å². The minimum Gasteiger partial charge on any atom is -0.301 e. The van der Waals surface area contributed by atoms with Gasteiger partial charge in [-0.25, -0.2) is 0 Å². The van der Waals surface area contributed by atoms with Crippen molar-refractivity contribution < 1.29 is 4.79 Å². The number of fused-ring (bicyclic) bond motifs is 3. The Morgan fingerprint density at radius 2 is 1.72 bits per heavy atom. The number of carbonyl (C=O) groups is 1. The first-order chi connectivity index (χ1) is 8.63. The van der Waals surface area contributed by atoms with Crippen LogP contribution in [0.4, 0.5) is 0 Å². The van der Waals surface area contributed by atoms with Crippen molar-refractivity contribution in [3.05, 3.63) is 0 Å². The van der Waals surface area contributed by atoms with Crippen LogP contribution >= 0.6 is 0 Å². The number of rotatable bonds is 2. The topological polar surface area (TPSA) is 23.6 Å². The van der Waals surface area contributed by atoms with Gasteiger partial charge in [0.1, 0.15) is 0 Å². The van der Waals surface area contributed by atoms with Crippen molar-refractivity contribution in [2.45, 2.75) is 39.2 Å². The molecule has 0 spiro atoms. The molecule has 4 rings (SSSR count). The van der Waals surface area contributed by atoms with Crippen molar-refractivity contribution in [1.29, 1.82) is 0 Å². The van der Waals surface area contributed by atoms with E-state index in [1.807, 2.05) is 0 Å². The van der Waals surface area contributed by atoms with E-state index in [9.17, 15) is 4.79 Å². The van der Waals surface area contributed by atoms with E-state index in [1.54, 1.807) is 0 Å². The number of piperidine rings is 4. The van der Waals surface area contributed by atoms with Crippen molar-refractivity contribution in [2.24, 2.45) is 17.8 Å². The van der Waals surface area contributed by atoms with Crippen molar-refractivity contribution in [3.63, 3.8) is 0 Å². The van der Waals surface area contributed by atoms with Crippen LogP contribution in [0.5, 0.6) is 0 Å². The minimum absolute atomic E-state index is 0.218. The van der Waals surface area contributed by atoms with Crippen LogP contribution in [0, 0.1) is 17.8 Å². The highest BCUT2D eigenvalue weighted by Crippen LogP contribution is 2.30. The molecule has 0 amide bonds. The molecule has 2 bridgehead atoms. The number of ketones is 1. The third kappa shape index (κ3) is 2.35. The van der Waals surface area contributed by atoms with Crippen LogP contribution in [0.25, 0.3) is 0 Å². The summed E-state index contributed by atoms with van der Waals surface area (Å²) in [6.45, 7) is 10.4. The molecular formula is C15H26N2O. The normalized spacial score (nSPS) is 45.4. The Labute approximate surface area is 111 Å². The molecule has 4 aliphatic heterocycles. The molecule has 4 heterocycles. The Morgan fingerprint density at radius 1 is 1.11 bits per heavy atom. The zero-order valence-electron chi connectivity index (χ0n) is 11.8. The SMILES string of the molecule is CC1CC(C)CN(CC2C(=O)C3CCN2CC3)C1. The molecule has 3 unspecified atom stereocenters. The van der Waals surface area contributed by atoms with Crippen LogP contribution in [0.3, 0.4) is 0 Å². The lowest BCUT2D eigenvalue weighted by molar-refractivity contribution is -0.138. The third-order valence-electron chi connectivity index (χ3n) is 5.08. The standard InChI is InChI=1S/C15H26N2O/c1-11-7-12(2)9-16(8-11)10-14-15(18)13-3-5-17(14)6-4-13/h11-14H,3-10H2,1-2H3. The number of likely N-dealkylation sites (tertiary alicyclic amines) is 1. The van der Waals surface area contributed by atoms with Crippen molar-refractivity contribution in [2.75, 3.05) is 32.7 Å². The second kappa shape index (κ2) is 4.93. The van der Waals surface area contributed by atoms with Crippen LogP contribution in [-0.4, -0.2) is 54.3 Å². The van der Waals surface area contributed by atoms with Gasteiger partial charge < -0.3 is 4.90 Å². The summed E-state index contributed by atoms with van der Waals surface area (Å²) in [7, 11) is 0. The zero-order valence-corrected chi connectivity index (χ0v) is 11.8. The Bertz CT molecular complexity index is 312. The molecule has 3 nitrogen and oxygen atoms in total. The highest BCUT2D eigenvalue weighted by molar-refractivity contribution is 5.88. The lowest BCUT2D eigenvalue weighted by Gasteiger charge is -2.46. The first-order valence-electron chi connectivity index (χ1n) is 7.63. The zero-order chi connectivity index (χ0) is 12.7. The van der Waals surface area contributed by atoms with Crippen molar-refractivity contribution in [3.8, 4) is 0 Å². The van der Waals surface area contributed by atoms with Crippen molar-refractivity contribution >= 4 is 5.78 Å². The van der Waals surface area contributed by atoms with E-state index in [0.717, 1.165) is 44.3 Å². The van der Waals surface area contributed by atoms with Gasteiger partial charge in [-0.05, 0) is 44.2 Å². The maximum atomic E-state index is 12.4. The largest absolute Gasteiger partial charge is 0.301 e. The summed E-state index contributed by atoms with van der Waals surface area (Å²) in [5, 5.41) is 0. The molecule has 0 radical (unpaired) electrons. The average Bonchev–Trinajstić information content (AvgIpc) is 2.33. The molecule has 4 aliphatic rings. The summed E-state index contributed by atoms with van der Waals surface area (Å²) in [6, 6.07) is 0.218. The molecule has 4 saturated heterocycles. The number of nitrogens with zero attached hydrogens (tertiary/aromatic N) is 2. The Balaban J connectivity index is 1.63.